The number of aryl methyl sites for hydroxylation is 1. The standard InChI is InChI=1S/C6H6F2N2.C3H8/c1-3-4(7)2-5(8)6(9)10-3;1-3-2/h2H,1H3,(H2,9,10);3H2,1-2H3. The van der Waals surface area contributed by atoms with Crippen LogP contribution in [-0.2, 0) is 0 Å². The van der Waals surface area contributed by atoms with Gasteiger partial charge in [-0.2, -0.15) is 0 Å². The molecular weight excluding hydrogens is 174 g/mol. The van der Waals surface area contributed by atoms with Gasteiger partial charge in [0.1, 0.15) is 5.82 Å². The largest absolute Gasteiger partial charge is 0.381 e. The highest BCUT2D eigenvalue weighted by molar-refractivity contribution is 5.31. The number of anilines is 1. The summed E-state index contributed by atoms with van der Waals surface area (Å²) >= 11 is 0. The van der Waals surface area contributed by atoms with E-state index in [-0.39, 0.29) is 11.5 Å². The predicted molar refractivity (Wildman–Crippen MR) is 49.3 cm³/mol. The Morgan fingerprint density at radius 2 is 1.77 bits per heavy atom. The van der Waals surface area contributed by atoms with E-state index in [1.807, 2.05) is 0 Å². The summed E-state index contributed by atoms with van der Waals surface area (Å²) in [7, 11) is 0. The van der Waals surface area contributed by atoms with Gasteiger partial charge in [0.15, 0.2) is 11.6 Å². The van der Waals surface area contributed by atoms with Crippen molar-refractivity contribution in [1.82, 2.24) is 4.98 Å². The van der Waals surface area contributed by atoms with Gasteiger partial charge in [-0.3, -0.25) is 0 Å². The van der Waals surface area contributed by atoms with Crippen molar-refractivity contribution in [2.45, 2.75) is 27.2 Å². The van der Waals surface area contributed by atoms with Crippen molar-refractivity contribution in [3.8, 4) is 0 Å². The molecule has 2 N–H and O–H groups in total. The minimum atomic E-state index is -0.817. The van der Waals surface area contributed by atoms with E-state index in [1.165, 1.54) is 13.3 Å². The smallest absolute Gasteiger partial charge is 0.168 e. The van der Waals surface area contributed by atoms with Gasteiger partial charge in [0.25, 0.3) is 0 Å². The fourth-order valence-corrected chi connectivity index (χ4v) is 0.577. The van der Waals surface area contributed by atoms with Gasteiger partial charge in [0, 0.05) is 6.07 Å². The molecule has 0 aliphatic heterocycles. The zero-order valence-corrected chi connectivity index (χ0v) is 8.06. The fourth-order valence-electron chi connectivity index (χ4n) is 0.577. The summed E-state index contributed by atoms with van der Waals surface area (Å²) in [6.45, 7) is 5.67. The number of hydrogen-bond acceptors (Lipinski definition) is 2. The lowest BCUT2D eigenvalue weighted by Crippen LogP contribution is -1.98. The van der Waals surface area contributed by atoms with Crippen molar-refractivity contribution in [3.63, 3.8) is 0 Å². The van der Waals surface area contributed by atoms with Gasteiger partial charge in [0.05, 0.1) is 5.69 Å². The Hall–Kier alpha value is -1.19. The summed E-state index contributed by atoms with van der Waals surface area (Å²) in [4.78, 5) is 3.40. The van der Waals surface area contributed by atoms with Crippen LogP contribution in [0.3, 0.4) is 0 Å². The molecule has 0 atom stereocenters. The number of aromatic nitrogens is 1. The van der Waals surface area contributed by atoms with Crippen LogP contribution in [0.2, 0.25) is 0 Å². The van der Waals surface area contributed by atoms with Gasteiger partial charge in [0.2, 0.25) is 0 Å². The second-order valence-electron chi connectivity index (χ2n) is 2.63. The normalized spacial score (nSPS) is 9.00. The quantitative estimate of drug-likeness (QED) is 0.679. The molecule has 0 radical (unpaired) electrons. The minimum absolute atomic E-state index is 0.110. The number of nitrogens with two attached hydrogens (primary N) is 1. The molecule has 0 aromatic carbocycles. The predicted octanol–water partition coefficient (Wildman–Crippen LogP) is 2.67. The Bertz CT molecular complexity index is 224. The van der Waals surface area contributed by atoms with E-state index in [2.05, 4.69) is 18.8 Å². The second-order valence-corrected chi connectivity index (χ2v) is 2.63. The number of nitrogen functional groups attached to an aromatic ring is 1. The molecule has 1 heterocycles. The van der Waals surface area contributed by atoms with Crippen LogP contribution in [0.15, 0.2) is 6.07 Å². The summed E-state index contributed by atoms with van der Waals surface area (Å²) in [5.41, 5.74) is 5.15. The van der Waals surface area contributed by atoms with Crippen LogP contribution in [0.5, 0.6) is 0 Å². The molecule has 1 aromatic rings. The molecule has 0 aliphatic rings. The zero-order valence-electron chi connectivity index (χ0n) is 8.06. The first kappa shape index (κ1) is 11.8. The Kier molecular flexibility index (Phi) is 4.96. The third-order valence-electron chi connectivity index (χ3n) is 1.13. The van der Waals surface area contributed by atoms with Crippen LogP contribution in [0, 0.1) is 18.6 Å². The molecule has 4 heteroatoms. The SMILES string of the molecule is CCC.Cc1nc(N)c(F)cc1F. The molecule has 0 unspecified atom stereocenters. The molecule has 74 valence electrons. The van der Waals surface area contributed by atoms with E-state index in [0.29, 0.717) is 0 Å². The Labute approximate surface area is 76.8 Å². The number of nitrogens with zero attached hydrogens (tertiary/aromatic N) is 1. The average molecular weight is 188 g/mol. The minimum Gasteiger partial charge on any atom is -0.381 e. The first-order valence-corrected chi connectivity index (χ1v) is 4.11. The third kappa shape index (κ3) is 3.83. The summed E-state index contributed by atoms with van der Waals surface area (Å²) in [5.74, 6) is -1.76. The highest BCUT2D eigenvalue weighted by Crippen LogP contribution is 2.10. The topological polar surface area (TPSA) is 38.9 Å². The summed E-state index contributed by atoms with van der Waals surface area (Å²) < 4.78 is 24.7. The van der Waals surface area contributed by atoms with E-state index in [1.54, 1.807) is 0 Å². The van der Waals surface area contributed by atoms with Crippen LogP contribution < -0.4 is 5.73 Å². The highest BCUT2D eigenvalue weighted by atomic mass is 19.1. The van der Waals surface area contributed by atoms with Crippen molar-refractivity contribution in [2.24, 2.45) is 0 Å². The number of halogens is 2. The maximum absolute atomic E-state index is 12.4. The molecule has 1 rings (SSSR count). The van der Waals surface area contributed by atoms with Gasteiger partial charge >= 0.3 is 0 Å². The molecule has 0 spiro atoms. The Morgan fingerprint density at radius 3 is 2.15 bits per heavy atom. The van der Waals surface area contributed by atoms with Crippen molar-refractivity contribution in [2.75, 3.05) is 5.73 Å². The summed E-state index contributed by atoms with van der Waals surface area (Å²) in [5, 5.41) is 0. The van der Waals surface area contributed by atoms with E-state index in [0.717, 1.165) is 6.07 Å². The van der Waals surface area contributed by atoms with E-state index in [9.17, 15) is 8.78 Å². The van der Waals surface area contributed by atoms with Crippen LogP contribution in [0.25, 0.3) is 0 Å². The molecule has 0 bridgehead atoms. The molecular formula is C9H14F2N2. The lowest BCUT2D eigenvalue weighted by atomic mass is 10.3. The number of pyridine rings is 1. The lowest BCUT2D eigenvalue weighted by Gasteiger charge is -1.97. The van der Waals surface area contributed by atoms with Crippen molar-refractivity contribution >= 4 is 5.82 Å². The van der Waals surface area contributed by atoms with Crippen molar-refractivity contribution < 1.29 is 8.78 Å². The lowest BCUT2D eigenvalue weighted by molar-refractivity contribution is 0.569. The molecule has 0 saturated heterocycles. The van der Waals surface area contributed by atoms with Gasteiger partial charge in [-0.05, 0) is 6.92 Å². The number of rotatable bonds is 0. The Morgan fingerprint density at radius 1 is 1.31 bits per heavy atom. The van der Waals surface area contributed by atoms with Crippen molar-refractivity contribution in [3.05, 3.63) is 23.4 Å². The first-order valence-electron chi connectivity index (χ1n) is 4.11. The van der Waals surface area contributed by atoms with Crippen molar-refractivity contribution in [1.29, 1.82) is 0 Å². The van der Waals surface area contributed by atoms with Gasteiger partial charge in [-0.15, -0.1) is 0 Å². The molecule has 2 nitrogen and oxygen atoms in total. The van der Waals surface area contributed by atoms with E-state index < -0.39 is 11.6 Å². The van der Waals surface area contributed by atoms with Gasteiger partial charge in [-0.1, -0.05) is 20.3 Å². The average Bonchev–Trinajstić information content (AvgIpc) is 2.03. The molecule has 0 saturated carbocycles. The molecule has 0 fully saturated rings. The molecule has 0 aliphatic carbocycles. The zero-order chi connectivity index (χ0) is 10.4. The van der Waals surface area contributed by atoms with Crippen LogP contribution in [0.1, 0.15) is 26.0 Å². The molecule has 13 heavy (non-hydrogen) atoms. The Balaban J connectivity index is 0.000000424. The first-order chi connectivity index (χ1) is 6.02. The van der Waals surface area contributed by atoms with Gasteiger partial charge in [-0.25, -0.2) is 13.8 Å². The van der Waals surface area contributed by atoms with Crippen LogP contribution >= 0.6 is 0 Å². The monoisotopic (exact) mass is 188 g/mol. The third-order valence-corrected chi connectivity index (χ3v) is 1.13. The molecule has 1 aromatic heterocycles. The summed E-state index contributed by atoms with van der Waals surface area (Å²) in [6, 6.07) is 0.720. The van der Waals surface area contributed by atoms with Crippen LogP contribution in [-0.4, -0.2) is 4.98 Å². The molecule has 0 amide bonds. The number of hydrogen-bond donors (Lipinski definition) is 1. The van der Waals surface area contributed by atoms with Crippen LogP contribution in [0.4, 0.5) is 14.6 Å². The maximum Gasteiger partial charge on any atom is 0.168 e. The summed E-state index contributed by atoms with van der Waals surface area (Å²) in [6.07, 6.45) is 1.25. The van der Waals surface area contributed by atoms with E-state index >= 15 is 0 Å². The van der Waals surface area contributed by atoms with Gasteiger partial charge < -0.3 is 5.73 Å². The highest BCUT2D eigenvalue weighted by Gasteiger charge is 2.04. The van der Waals surface area contributed by atoms with E-state index in [4.69, 9.17) is 5.73 Å². The maximum atomic E-state index is 12.4. The fraction of sp³-hybridized carbons (Fsp3) is 0.444. The second kappa shape index (κ2) is 5.45.